The molecule has 0 saturated heterocycles. The summed E-state index contributed by atoms with van der Waals surface area (Å²) in [6.07, 6.45) is 0.187. The monoisotopic (exact) mass is 271 g/mol. The van der Waals surface area contributed by atoms with Gasteiger partial charge in [0.2, 0.25) is 0 Å². The van der Waals surface area contributed by atoms with Crippen LogP contribution in [0.25, 0.3) is 0 Å². The summed E-state index contributed by atoms with van der Waals surface area (Å²) in [7, 11) is 0. The quantitative estimate of drug-likeness (QED) is 0.878. The molecule has 4 nitrogen and oxygen atoms in total. The lowest BCUT2D eigenvalue weighted by Crippen LogP contribution is -2.11. The van der Waals surface area contributed by atoms with E-state index in [9.17, 15) is 9.90 Å². The Morgan fingerprint density at radius 1 is 1.20 bits per heavy atom. The molecule has 104 valence electrons. The van der Waals surface area contributed by atoms with Crippen molar-refractivity contribution in [2.45, 2.75) is 19.4 Å². The van der Waals surface area contributed by atoms with Crippen molar-refractivity contribution in [2.24, 2.45) is 5.73 Å². The summed E-state index contributed by atoms with van der Waals surface area (Å²) >= 11 is 0. The van der Waals surface area contributed by atoms with Gasteiger partial charge in [-0.15, -0.1) is 0 Å². The van der Waals surface area contributed by atoms with Crippen LogP contribution in [0, 0.1) is 0 Å². The van der Waals surface area contributed by atoms with E-state index in [1.807, 2.05) is 6.92 Å². The van der Waals surface area contributed by atoms with Crippen LogP contribution >= 0.6 is 0 Å². The molecule has 1 atom stereocenters. The lowest BCUT2D eigenvalue weighted by molar-refractivity contribution is 0.0998. The maximum Gasteiger partial charge on any atom is 0.252 e. The minimum atomic E-state index is -0.529. The molecule has 0 spiro atoms. The van der Waals surface area contributed by atoms with Crippen LogP contribution in [0.15, 0.2) is 48.5 Å². The third-order valence-corrected chi connectivity index (χ3v) is 3.03. The third kappa shape index (κ3) is 3.16. The third-order valence-electron chi connectivity index (χ3n) is 3.03. The van der Waals surface area contributed by atoms with Crippen LogP contribution in [0.1, 0.15) is 35.4 Å². The topological polar surface area (TPSA) is 72.6 Å². The lowest BCUT2D eigenvalue weighted by Gasteiger charge is -2.11. The summed E-state index contributed by atoms with van der Waals surface area (Å²) in [6, 6.07) is 13.9. The predicted molar refractivity (Wildman–Crippen MR) is 76.7 cm³/mol. The molecular formula is C16H17NO3. The Labute approximate surface area is 117 Å². The summed E-state index contributed by atoms with van der Waals surface area (Å²) in [5.41, 5.74) is 6.47. The predicted octanol–water partition coefficient (Wildman–Crippen LogP) is 3.02. The molecule has 0 heterocycles. The van der Waals surface area contributed by atoms with Crippen LogP contribution in [0.2, 0.25) is 0 Å². The van der Waals surface area contributed by atoms with Crippen molar-refractivity contribution in [3.63, 3.8) is 0 Å². The van der Waals surface area contributed by atoms with E-state index >= 15 is 0 Å². The van der Waals surface area contributed by atoms with Crippen molar-refractivity contribution in [3.8, 4) is 11.5 Å². The fourth-order valence-corrected chi connectivity index (χ4v) is 1.88. The Bertz CT molecular complexity index is 593. The van der Waals surface area contributed by atoms with Crippen molar-refractivity contribution in [2.75, 3.05) is 0 Å². The summed E-state index contributed by atoms with van der Waals surface area (Å²) in [4.78, 5) is 11.3. The standard InChI is InChI=1S/C16H17NO3/c1-2-14(18)11-7-9-12(10-8-11)20-15-6-4-3-5-13(15)16(17)19/h3-10,14,18H,2H2,1H3,(H2,17,19). The highest BCUT2D eigenvalue weighted by molar-refractivity contribution is 5.95. The summed E-state index contributed by atoms with van der Waals surface area (Å²) in [5.74, 6) is 0.480. The van der Waals surface area contributed by atoms with Gasteiger partial charge in [0.15, 0.2) is 0 Å². The molecule has 1 unspecified atom stereocenters. The van der Waals surface area contributed by atoms with Gasteiger partial charge >= 0.3 is 0 Å². The second-order valence-electron chi connectivity index (χ2n) is 4.46. The highest BCUT2D eigenvalue weighted by Crippen LogP contribution is 2.26. The number of primary amides is 1. The minimum Gasteiger partial charge on any atom is -0.457 e. The van der Waals surface area contributed by atoms with E-state index in [1.165, 1.54) is 0 Å². The number of carbonyl (C=O) groups excluding carboxylic acids is 1. The van der Waals surface area contributed by atoms with Crippen LogP contribution in [0.4, 0.5) is 0 Å². The van der Waals surface area contributed by atoms with Gasteiger partial charge in [0.25, 0.3) is 5.91 Å². The van der Waals surface area contributed by atoms with E-state index in [0.29, 0.717) is 23.5 Å². The first-order valence-electron chi connectivity index (χ1n) is 6.46. The molecule has 20 heavy (non-hydrogen) atoms. The number of rotatable bonds is 5. The number of hydrogen-bond donors (Lipinski definition) is 2. The number of hydrogen-bond acceptors (Lipinski definition) is 3. The van der Waals surface area contributed by atoms with Gasteiger partial charge in [0, 0.05) is 0 Å². The number of aliphatic hydroxyl groups excluding tert-OH is 1. The molecule has 0 aliphatic rings. The number of benzene rings is 2. The molecule has 0 aliphatic carbocycles. The van der Waals surface area contributed by atoms with Crippen molar-refractivity contribution in [1.82, 2.24) is 0 Å². The van der Waals surface area contributed by atoms with Gasteiger partial charge in [-0.1, -0.05) is 31.2 Å². The highest BCUT2D eigenvalue weighted by atomic mass is 16.5. The Morgan fingerprint density at radius 2 is 1.85 bits per heavy atom. The fraction of sp³-hybridized carbons (Fsp3) is 0.188. The molecule has 4 heteroatoms. The number of nitrogens with two attached hydrogens (primary N) is 1. The molecule has 0 saturated carbocycles. The zero-order chi connectivity index (χ0) is 14.5. The molecule has 0 aliphatic heterocycles. The van der Waals surface area contributed by atoms with Gasteiger partial charge in [-0.05, 0) is 36.2 Å². The first-order valence-corrected chi connectivity index (χ1v) is 6.46. The van der Waals surface area contributed by atoms with Crippen LogP contribution in [0.3, 0.4) is 0 Å². The van der Waals surface area contributed by atoms with Crippen molar-refractivity contribution in [3.05, 3.63) is 59.7 Å². The maximum absolute atomic E-state index is 11.3. The first kappa shape index (κ1) is 14.1. The molecule has 2 aromatic carbocycles. The fourth-order valence-electron chi connectivity index (χ4n) is 1.88. The molecule has 1 amide bonds. The molecule has 0 bridgehead atoms. The van der Waals surface area contributed by atoms with Crippen molar-refractivity contribution in [1.29, 1.82) is 0 Å². The van der Waals surface area contributed by atoms with Gasteiger partial charge in [-0.25, -0.2) is 0 Å². The van der Waals surface area contributed by atoms with E-state index in [0.717, 1.165) is 5.56 Å². The van der Waals surface area contributed by atoms with Crippen molar-refractivity contribution < 1.29 is 14.6 Å². The average molecular weight is 271 g/mol. The van der Waals surface area contributed by atoms with Crippen molar-refractivity contribution >= 4 is 5.91 Å². The zero-order valence-corrected chi connectivity index (χ0v) is 11.2. The van der Waals surface area contributed by atoms with E-state index in [4.69, 9.17) is 10.5 Å². The Hall–Kier alpha value is -2.33. The number of ether oxygens (including phenoxy) is 1. The largest absolute Gasteiger partial charge is 0.457 e. The van der Waals surface area contributed by atoms with E-state index < -0.39 is 12.0 Å². The van der Waals surface area contributed by atoms with Crippen LogP contribution in [-0.2, 0) is 0 Å². The number of para-hydroxylation sites is 1. The second kappa shape index (κ2) is 6.21. The number of amides is 1. The van der Waals surface area contributed by atoms with Gasteiger partial charge < -0.3 is 15.6 Å². The normalized spacial score (nSPS) is 11.9. The smallest absolute Gasteiger partial charge is 0.252 e. The molecule has 3 N–H and O–H groups in total. The van der Waals surface area contributed by atoms with E-state index in [-0.39, 0.29) is 0 Å². The summed E-state index contributed by atoms with van der Waals surface area (Å²) in [6.45, 7) is 1.91. The Morgan fingerprint density at radius 3 is 2.45 bits per heavy atom. The van der Waals surface area contributed by atoms with E-state index in [1.54, 1.807) is 48.5 Å². The Kier molecular flexibility index (Phi) is 4.38. The number of aliphatic hydroxyl groups is 1. The SMILES string of the molecule is CCC(O)c1ccc(Oc2ccccc2C(N)=O)cc1. The molecule has 2 rings (SSSR count). The molecular weight excluding hydrogens is 254 g/mol. The Balaban J connectivity index is 2.20. The average Bonchev–Trinajstić information content (AvgIpc) is 2.47. The maximum atomic E-state index is 11.3. The first-order chi connectivity index (χ1) is 9.61. The van der Waals surface area contributed by atoms with Crippen LogP contribution < -0.4 is 10.5 Å². The van der Waals surface area contributed by atoms with Gasteiger partial charge in [-0.3, -0.25) is 4.79 Å². The molecule has 2 aromatic rings. The summed E-state index contributed by atoms with van der Waals surface area (Å²) < 4.78 is 5.66. The molecule has 0 radical (unpaired) electrons. The number of carbonyl (C=O) groups is 1. The van der Waals surface area contributed by atoms with Gasteiger partial charge in [0.05, 0.1) is 11.7 Å². The van der Waals surface area contributed by atoms with Crippen LogP contribution in [0.5, 0.6) is 11.5 Å². The summed E-state index contributed by atoms with van der Waals surface area (Å²) in [5, 5.41) is 9.72. The minimum absolute atomic E-state index is 0.338. The highest BCUT2D eigenvalue weighted by Gasteiger charge is 2.10. The van der Waals surface area contributed by atoms with E-state index in [2.05, 4.69) is 0 Å². The van der Waals surface area contributed by atoms with Crippen LogP contribution in [-0.4, -0.2) is 11.0 Å². The lowest BCUT2D eigenvalue weighted by atomic mass is 10.1. The van der Waals surface area contributed by atoms with Gasteiger partial charge in [-0.2, -0.15) is 0 Å². The molecule has 0 fully saturated rings. The zero-order valence-electron chi connectivity index (χ0n) is 11.2. The second-order valence-corrected chi connectivity index (χ2v) is 4.46. The van der Waals surface area contributed by atoms with Gasteiger partial charge in [0.1, 0.15) is 11.5 Å². The molecule has 0 aromatic heterocycles.